The van der Waals surface area contributed by atoms with E-state index in [0.717, 1.165) is 54.4 Å². The SMILES string of the molecule is [2H]c1c([2H])c([2H])c(-c2c3ccccc3c(-c3nc(-c4ccccc4)nc(-c4ccc5c6ccccc6c6ccccc6c5c4)n3)c3ccccc23)c([2H])c1[2H]. The highest BCUT2D eigenvalue weighted by Gasteiger charge is 2.21. The molecular weight excluding hydrogens is 607 g/mol. The second kappa shape index (κ2) is 11.5. The van der Waals surface area contributed by atoms with Crippen LogP contribution in [0.1, 0.15) is 6.85 Å². The van der Waals surface area contributed by atoms with E-state index in [4.69, 9.17) is 21.8 Å². The van der Waals surface area contributed by atoms with Gasteiger partial charge in [-0.1, -0.05) is 170 Å². The lowest BCUT2D eigenvalue weighted by atomic mass is 9.88. The molecule has 0 unspecified atom stereocenters. The van der Waals surface area contributed by atoms with Crippen LogP contribution in [-0.4, -0.2) is 15.0 Å². The van der Waals surface area contributed by atoms with E-state index in [2.05, 4.69) is 66.7 Å². The van der Waals surface area contributed by atoms with Gasteiger partial charge in [0.05, 0.1) is 6.85 Å². The molecular formula is C47H29N3. The van der Waals surface area contributed by atoms with Crippen LogP contribution in [0.3, 0.4) is 0 Å². The van der Waals surface area contributed by atoms with Crippen molar-refractivity contribution < 1.29 is 6.85 Å². The van der Waals surface area contributed by atoms with Crippen molar-refractivity contribution in [3.8, 4) is 45.3 Å². The average molecular weight is 641 g/mol. The molecule has 0 spiro atoms. The zero-order valence-corrected chi connectivity index (χ0v) is 26.7. The molecule has 232 valence electrons. The number of aromatic nitrogens is 3. The number of hydrogen-bond donors (Lipinski definition) is 0. The fourth-order valence-electron chi connectivity index (χ4n) is 7.39. The maximum absolute atomic E-state index is 8.93. The Morgan fingerprint density at radius 3 is 1.28 bits per heavy atom. The molecule has 10 rings (SSSR count). The van der Waals surface area contributed by atoms with E-state index in [0.29, 0.717) is 23.0 Å². The second-order valence-corrected chi connectivity index (χ2v) is 12.4. The van der Waals surface area contributed by atoms with E-state index in [1.165, 1.54) is 16.2 Å². The van der Waals surface area contributed by atoms with Gasteiger partial charge in [-0.3, -0.25) is 0 Å². The molecule has 3 nitrogen and oxygen atoms in total. The molecule has 1 aromatic heterocycles. The summed E-state index contributed by atoms with van der Waals surface area (Å²) in [4.78, 5) is 15.5. The van der Waals surface area contributed by atoms with Crippen LogP contribution in [0.5, 0.6) is 0 Å². The molecule has 1 heterocycles. The summed E-state index contributed by atoms with van der Waals surface area (Å²) in [7, 11) is 0. The lowest BCUT2D eigenvalue weighted by Gasteiger charge is -2.17. The van der Waals surface area contributed by atoms with E-state index in [9.17, 15) is 0 Å². The first-order valence-electron chi connectivity index (χ1n) is 19.0. The molecule has 0 aliphatic heterocycles. The first kappa shape index (κ1) is 23.6. The Morgan fingerprint density at radius 2 is 0.720 bits per heavy atom. The van der Waals surface area contributed by atoms with Crippen molar-refractivity contribution in [1.29, 1.82) is 0 Å². The Kier molecular flexibility index (Phi) is 5.41. The smallest absolute Gasteiger partial charge is 0.165 e. The third-order valence-electron chi connectivity index (χ3n) is 9.57. The quantitative estimate of drug-likeness (QED) is 0.142. The monoisotopic (exact) mass is 640 g/mol. The van der Waals surface area contributed by atoms with Crippen molar-refractivity contribution in [3.63, 3.8) is 0 Å². The minimum absolute atomic E-state index is 0.155. The summed E-state index contributed by atoms with van der Waals surface area (Å²) in [5.74, 6) is 1.50. The second-order valence-electron chi connectivity index (χ2n) is 12.4. The first-order valence-corrected chi connectivity index (χ1v) is 16.5. The Balaban J connectivity index is 1.29. The number of benzene rings is 9. The van der Waals surface area contributed by atoms with Gasteiger partial charge in [0.1, 0.15) is 0 Å². The van der Waals surface area contributed by atoms with Crippen LogP contribution in [-0.2, 0) is 0 Å². The minimum Gasteiger partial charge on any atom is -0.208 e. The van der Waals surface area contributed by atoms with E-state index in [1.54, 1.807) is 0 Å². The summed E-state index contributed by atoms with van der Waals surface area (Å²) >= 11 is 0. The summed E-state index contributed by atoms with van der Waals surface area (Å²) < 4.78 is 43.1. The molecule has 0 aliphatic rings. The van der Waals surface area contributed by atoms with Crippen molar-refractivity contribution in [3.05, 3.63) is 176 Å². The highest BCUT2D eigenvalue weighted by atomic mass is 15.0. The summed E-state index contributed by atoms with van der Waals surface area (Å²) in [6.45, 7) is 0. The molecule has 0 saturated heterocycles. The fraction of sp³-hybridized carbons (Fsp3) is 0. The maximum atomic E-state index is 8.93. The zero-order chi connectivity index (χ0) is 37.4. The van der Waals surface area contributed by atoms with Crippen LogP contribution in [0.4, 0.5) is 0 Å². The van der Waals surface area contributed by atoms with E-state index < -0.39 is 6.04 Å². The standard InChI is InChI=1S/C47H29N3/c1-3-15-30(16-4-1)43-38-23-11-13-25-40(38)44(41-26-14-12-24-39(41)43)47-49-45(31-17-5-2-6-18-31)48-46(50-47)32-27-28-37-35-21-8-7-19-33(35)34-20-9-10-22-36(34)42(37)29-32/h1-29H/i1D,3D,4D,15D,16D. The van der Waals surface area contributed by atoms with Crippen LogP contribution >= 0.6 is 0 Å². The van der Waals surface area contributed by atoms with Crippen LogP contribution in [0.25, 0.3) is 99.2 Å². The highest BCUT2D eigenvalue weighted by Crippen LogP contribution is 2.43. The van der Waals surface area contributed by atoms with Gasteiger partial charge in [0, 0.05) is 16.7 Å². The predicted octanol–water partition coefficient (Wildman–Crippen LogP) is 12.3. The largest absolute Gasteiger partial charge is 0.208 e. The van der Waals surface area contributed by atoms with Crippen LogP contribution in [0, 0.1) is 0 Å². The maximum Gasteiger partial charge on any atom is 0.165 e. The Bertz CT molecular complexity index is 3100. The van der Waals surface area contributed by atoms with Crippen molar-refractivity contribution >= 4 is 53.9 Å². The summed E-state index contributed by atoms with van der Waals surface area (Å²) in [5, 5.41) is 10.00. The molecule has 0 fully saturated rings. The molecule has 10 aromatic rings. The lowest BCUT2D eigenvalue weighted by Crippen LogP contribution is -2.01. The fourth-order valence-corrected chi connectivity index (χ4v) is 7.39. The van der Waals surface area contributed by atoms with Gasteiger partial charge in [-0.15, -0.1) is 0 Å². The van der Waals surface area contributed by atoms with E-state index in [-0.39, 0.29) is 29.7 Å². The Labute approximate surface area is 296 Å². The van der Waals surface area contributed by atoms with Gasteiger partial charge in [0.15, 0.2) is 17.5 Å². The van der Waals surface area contributed by atoms with E-state index in [1.807, 2.05) is 78.9 Å². The molecule has 3 heteroatoms. The minimum atomic E-state index is -0.426. The Morgan fingerprint density at radius 1 is 0.300 bits per heavy atom. The summed E-state index contributed by atoms with van der Waals surface area (Å²) in [6, 6.07) is 47.1. The molecule has 50 heavy (non-hydrogen) atoms. The van der Waals surface area contributed by atoms with Crippen LogP contribution < -0.4 is 0 Å². The van der Waals surface area contributed by atoms with Gasteiger partial charge < -0.3 is 0 Å². The lowest BCUT2D eigenvalue weighted by molar-refractivity contribution is 1.08. The van der Waals surface area contributed by atoms with E-state index >= 15 is 0 Å². The molecule has 0 radical (unpaired) electrons. The summed E-state index contributed by atoms with van der Waals surface area (Å²) in [5.41, 5.74) is 3.17. The summed E-state index contributed by atoms with van der Waals surface area (Å²) in [6.07, 6.45) is 0. The van der Waals surface area contributed by atoms with Gasteiger partial charge in [-0.25, -0.2) is 15.0 Å². The highest BCUT2D eigenvalue weighted by molar-refractivity contribution is 6.26. The normalized spacial score (nSPS) is 13.0. The first-order chi connectivity index (χ1) is 26.9. The molecule has 9 aromatic carbocycles. The van der Waals surface area contributed by atoms with Gasteiger partial charge in [0.2, 0.25) is 0 Å². The molecule has 0 amide bonds. The molecule has 0 aliphatic carbocycles. The van der Waals surface area contributed by atoms with Crippen molar-refractivity contribution in [1.82, 2.24) is 15.0 Å². The van der Waals surface area contributed by atoms with Gasteiger partial charge in [0.25, 0.3) is 0 Å². The van der Waals surface area contributed by atoms with Crippen molar-refractivity contribution in [2.75, 3.05) is 0 Å². The molecule has 0 bridgehead atoms. The van der Waals surface area contributed by atoms with Crippen LogP contribution in [0.15, 0.2) is 176 Å². The van der Waals surface area contributed by atoms with Gasteiger partial charge in [-0.05, 0) is 71.1 Å². The third kappa shape index (κ3) is 4.48. The topological polar surface area (TPSA) is 38.7 Å². The van der Waals surface area contributed by atoms with Gasteiger partial charge in [-0.2, -0.15) is 0 Å². The Hall–Kier alpha value is -6.71. The van der Waals surface area contributed by atoms with Crippen molar-refractivity contribution in [2.24, 2.45) is 0 Å². The molecule has 0 saturated carbocycles. The van der Waals surface area contributed by atoms with Crippen molar-refractivity contribution in [2.45, 2.75) is 0 Å². The number of rotatable bonds is 4. The number of nitrogens with zero attached hydrogens (tertiary/aromatic N) is 3. The number of hydrogen-bond acceptors (Lipinski definition) is 3. The zero-order valence-electron chi connectivity index (χ0n) is 31.7. The van der Waals surface area contributed by atoms with Gasteiger partial charge >= 0.3 is 0 Å². The predicted molar refractivity (Wildman–Crippen MR) is 209 cm³/mol. The molecule has 0 N–H and O–H groups in total. The van der Waals surface area contributed by atoms with Crippen LogP contribution in [0.2, 0.25) is 0 Å². The molecule has 0 atom stereocenters. The average Bonchev–Trinajstić information content (AvgIpc) is 3.25. The third-order valence-corrected chi connectivity index (χ3v) is 9.57. The number of fused-ring (bicyclic) bond motifs is 8.